The predicted molar refractivity (Wildman–Crippen MR) is 118 cm³/mol. The third-order valence-electron chi connectivity index (χ3n) is 6.19. The number of hydrogen-bond donors (Lipinski definition) is 1. The number of carbonyl (C=O) groups excluding carboxylic acids is 1. The van der Waals surface area contributed by atoms with Crippen molar-refractivity contribution in [1.29, 1.82) is 0 Å². The van der Waals surface area contributed by atoms with E-state index < -0.39 is 0 Å². The van der Waals surface area contributed by atoms with E-state index in [9.17, 15) is 4.79 Å². The molecule has 1 saturated heterocycles. The van der Waals surface area contributed by atoms with Crippen LogP contribution < -0.4 is 10.2 Å². The van der Waals surface area contributed by atoms with Crippen LogP contribution in [0.3, 0.4) is 0 Å². The summed E-state index contributed by atoms with van der Waals surface area (Å²) in [7, 11) is 2.15. The van der Waals surface area contributed by atoms with Gasteiger partial charge in [0.2, 0.25) is 0 Å². The van der Waals surface area contributed by atoms with Crippen LogP contribution in [0.15, 0.2) is 42.5 Å². The minimum atomic E-state index is -0.0529. The Labute approximate surface area is 174 Å². The van der Waals surface area contributed by atoms with Gasteiger partial charge in [0.05, 0.1) is 16.6 Å². The number of nitrogens with one attached hydrogen (secondary N) is 1. The van der Waals surface area contributed by atoms with Crippen LogP contribution in [0.4, 0.5) is 5.82 Å². The van der Waals surface area contributed by atoms with Crippen molar-refractivity contribution in [1.82, 2.24) is 24.6 Å². The van der Waals surface area contributed by atoms with E-state index >= 15 is 0 Å². The van der Waals surface area contributed by atoms with Crippen LogP contribution in [0, 0.1) is 0 Å². The number of imidazole rings is 1. The van der Waals surface area contributed by atoms with E-state index in [4.69, 9.17) is 9.97 Å². The summed E-state index contributed by atoms with van der Waals surface area (Å²) in [5, 5.41) is 4.06. The van der Waals surface area contributed by atoms with Crippen molar-refractivity contribution in [2.75, 3.05) is 38.1 Å². The molecule has 1 saturated carbocycles. The maximum Gasteiger partial charge on any atom is 0.255 e. The Balaban J connectivity index is 1.56. The number of likely N-dealkylation sites (N-methyl/N-ethyl adjacent to an activating group) is 1. The maximum absolute atomic E-state index is 13.0. The van der Waals surface area contributed by atoms with Crippen LogP contribution in [-0.2, 0) is 0 Å². The molecule has 6 rings (SSSR count). The Morgan fingerprint density at radius 2 is 1.80 bits per heavy atom. The molecule has 0 atom stereocenters. The normalized spacial score (nSPS) is 17.8. The molecular weight excluding hydrogens is 376 g/mol. The first-order chi connectivity index (χ1) is 14.7. The van der Waals surface area contributed by atoms with Gasteiger partial charge in [0.25, 0.3) is 5.91 Å². The van der Waals surface area contributed by atoms with E-state index in [1.54, 1.807) is 0 Å². The minimum Gasteiger partial charge on any atom is -0.354 e. The molecule has 0 unspecified atom stereocenters. The molecule has 1 aliphatic heterocycles. The number of nitrogens with zero attached hydrogens (tertiary/aromatic N) is 5. The third kappa shape index (κ3) is 2.89. The summed E-state index contributed by atoms with van der Waals surface area (Å²) in [5.74, 6) is 0.924. The molecular formula is C23H24N6O. The van der Waals surface area contributed by atoms with Gasteiger partial charge >= 0.3 is 0 Å². The lowest BCUT2D eigenvalue weighted by Gasteiger charge is -2.33. The Kier molecular flexibility index (Phi) is 3.92. The number of amides is 1. The minimum absolute atomic E-state index is 0.0529. The third-order valence-corrected chi connectivity index (χ3v) is 6.19. The quantitative estimate of drug-likeness (QED) is 0.573. The van der Waals surface area contributed by atoms with E-state index in [-0.39, 0.29) is 5.91 Å². The van der Waals surface area contributed by atoms with Crippen LogP contribution in [-0.4, -0.2) is 64.4 Å². The summed E-state index contributed by atoms with van der Waals surface area (Å²) in [6.07, 6.45) is 2.12. The number of fused-ring (bicyclic) bond motifs is 5. The molecule has 1 amide bonds. The standard InChI is InChI=1S/C23H24N6O/c1-27-10-12-28(13-11-27)20-9-6-15-14-17(23(30)24-16-7-8-16)22-25-18-4-2-3-5-19(18)29(22)21(15)26-20/h2-6,9,14,16H,7-8,10-13H2,1H3,(H,24,30). The molecule has 1 aliphatic carbocycles. The highest BCUT2D eigenvalue weighted by Gasteiger charge is 2.26. The van der Waals surface area contributed by atoms with Gasteiger partial charge in [-0.3, -0.25) is 9.20 Å². The molecule has 0 radical (unpaired) electrons. The number of benzene rings is 1. The molecule has 0 bridgehead atoms. The van der Waals surface area contributed by atoms with E-state index in [0.29, 0.717) is 17.3 Å². The molecule has 30 heavy (non-hydrogen) atoms. The first kappa shape index (κ1) is 17.7. The number of carbonyl (C=O) groups is 1. The predicted octanol–water partition coefficient (Wildman–Crippen LogP) is 2.68. The summed E-state index contributed by atoms with van der Waals surface area (Å²) in [6.45, 7) is 3.99. The molecule has 7 nitrogen and oxygen atoms in total. The Morgan fingerprint density at radius 1 is 1.00 bits per heavy atom. The summed E-state index contributed by atoms with van der Waals surface area (Å²) in [5.41, 5.74) is 3.97. The zero-order chi connectivity index (χ0) is 20.2. The van der Waals surface area contributed by atoms with Gasteiger partial charge in [0, 0.05) is 37.6 Å². The van der Waals surface area contributed by atoms with Gasteiger partial charge in [-0.1, -0.05) is 12.1 Å². The summed E-state index contributed by atoms with van der Waals surface area (Å²) in [6, 6.07) is 14.4. The van der Waals surface area contributed by atoms with Gasteiger partial charge in [-0.25, -0.2) is 9.97 Å². The van der Waals surface area contributed by atoms with Gasteiger partial charge in [-0.2, -0.15) is 0 Å². The highest BCUT2D eigenvalue weighted by Crippen LogP contribution is 2.28. The highest BCUT2D eigenvalue weighted by atomic mass is 16.1. The summed E-state index contributed by atoms with van der Waals surface area (Å²) in [4.78, 5) is 27.5. The van der Waals surface area contributed by atoms with Crippen LogP contribution in [0.2, 0.25) is 0 Å². The van der Waals surface area contributed by atoms with Crippen LogP contribution >= 0.6 is 0 Å². The van der Waals surface area contributed by atoms with Crippen LogP contribution in [0.25, 0.3) is 27.7 Å². The number of piperazine rings is 1. The van der Waals surface area contributed by atoms with E-state index in [0.717, 1.165) is 66.9 Å². The number of rotatable bonds is 3. The van der Waals surface area contributed by atoms with Crippen molar-refractivity contribution in [3.8, 4) is 0 Å². The molecule has 1 aromatic carbocycles. The van der Waals surface area contributed by atoms with Gasteiger partial charge in [-0.15, -0.1) is 0 Å². The van der Waals surface area contributed by atoms with Crippen molar-refractivity contribution in [2.24, 2.45) is 0 Å². The zero-order valence-corrected chi connectivity index (χ0v) is 17.0. The zero-order valence-electron chi connectivity index (χ0n) is 17.0. The molecule has 2 fully saturated rings. The fourth-order valence-electron chi connectivity index (χ4n) is 4.25. The SMILES string of the molecule is CN1CCN(c2ccc3cc(C(=O)NC4CC4)c4nc5ccccc5n4c3n2)CC1. The highest BCUT2D eigenvalue weighted by molar-refractivity contribution is 6.05. The molecule has 4 heterocycles. The molecule has 0 spiro atoms. The fourth-order valence-corrected chi connectivity index (χ4v) is 4.25. The van der Waals surface area contributed by atoms with E-state index in [2.05, 4.69) is 34.3 Å². The monoisotopic (exact) mass is 400 g/mol. The van der Waals surface area contributed by atoms with Gasteiger partial charge in [0.15, 0.2) is 5.65 Å². The number of aromatic nitrogens is 3. The Bertz CT molecular complexity index is 1280. The number of hydrogen-bond acceptors (Lipinski definition) is 5. The second kappa shape index (κ2) is 6.67. The lowest BCUT2D eigenvalue weighted by molar-refractivity contribution is 0.0952. The largest absolute Gasteiger partial charge is 0.354 e. The maximum atomic E-state index is 13.0. The second-order valence-corrected chi connectivity index (χ2v) is 8.44. The Morgan fingerprint density at radius 3 is 2.60 bits per heavy atom. The molecule has 1 N–H and O–H groups in total. The molecule has 4 aromatic rings. The number of anilines is 1. The van der Waals surface area contributed by atoms with Gasteiger partial charge in [-0.05, 0) is 50.2 Å². The average molecular weight is 400 g/mol. The first-order valence-corrected chi connectivity index (χ1v) is 10.6. The molecule has 3 aromatic heterocycles. The van der Waals surface area contributed by atoms with E-state index in [1.165, 1.54) is 0 Å². The lowest BCUT2D eigenvalue weighted by atomic mass is 10.1. The van der Waals surface area contributed by atoms with Crippen molar-refractivity contribution >= 4 is 39.4 Å². The van der Waals surface area contributed by atoms with E-state index in [1.807, 2.05) is 34.7 Å². The Hall–Kier alpha value is -3.19. The van der Waals surface area contributed by atoms with Crippen molar-refractivity contribution in [3.63, 3.8) is 0 Å². The van der Waals surface area contributed by atoms with Crippen molar-refractivity contribution < 1.29 is 4.79 Å². The van der Waals surface area contributed by atoms with Gasteiger partial charge < -0.3 is 15.1 Å². The van der Waals surface area contributed by atoms with Gasteiger partial charge in [0.1, 0.15) is 11.5 Å². The van der Waals surface area contributed by atoms with Crippen LogP contribution in [0.5, 0.6) is 0 Å². The number of pyridine rings is 2. The first-order valence-electron chi connectivity index (χ1n) is 10.6. The topological polar surface area (TPSA) is 65.8 Å². The average Bonchev–Trinajstić information content (AvgIpc) is 3.49. The smallest absolute Gasteiger partial charge is 0.255 e. The lowest BCUT2D eigenvalue weighted by Crippen LogP contribution is -2.44. The second-order valence-electron chi connectivity index (χ2n) is 8.44. The van der Waals surface area contributed by atoms with Crippen LogP contribution in [0.1, 0.15) is 23.2 Å². The molecule has 2 aliphatic rings. The summed E-state index contributed by atoms with van der Waals surface area (Å²) >= 11 is 0. The number of para-hydroxylation sites is 2. The molecule has 7 heteroatoms. The van der Waals surface area contributed by atoms with Crippen molar-refractivity contribution in [3.05, 3.63) is 48.0 Å². The fraction of sp³-hybridized carbons (Fsp3) is 0.348. The summed E-state index contributed by atoms with van der Waals surface area (Å²) < 4.78 is 2.05. The van der Waals surface area contributed by atoms with Crippen molar-refractivity contribution in [2.45, 2.75) is 18.9 Å². The molecule has 152 valence electrons.